The number of nitrogen functional groups attached to an aromatic ring is 1. The van der Waals surface area contributed by atoms with Gasteiger partial charge in [0.15, 0.2) is 0 Å². The summed E-state index contributed by atoms with van der Waals surface area (Å²) in [6.07, 6.45) is -4.78. The fourth-order valence-electron chi connectivity index (χ4n) is 2.91. The molecule has 0 bridgehead atoms. The number of carbonyl (C=O) groups excluding carboxylic acids is 2. The van der Waals surface area contributed by atoms with Crippen molar-refractivity contribution in [2.45, 2.75) is 23.1 Å². The number of nitrogens with two attached hydrogens (primary N) is 1. The minimum atomic E-state index is -4.59. The van der Waals surface area contributed by atoms with Crippen molar-refractivity contribution in [1.29, 1.82) is 0 Å². The lowest BCUT2D eigenvalue weighted by molar-refractivity contribution is -0.137. The Morgan fingerprint density at radius 3 is 2.53 bits per heavy atom. The molecular weight excluding hydrogens is 421 g/mol. The van der Waals surface area contributed by atoms with Crippen LogP contribution in [-0.2, 0) is 15.8 Å². The van der Waals surface area contributed by atoms with E-state index in [1.165, 1.54) is 6.07 Å². The maximum atomic E-state index is 13.0. The molecule has 3 aromatic rings. The molecule has 1 aliphatic rings. The molecule has 1 aliphatic heterocycles. The minimum absolute atomic E-state index is 0.0684. The number of anilines is 2. The first-order chi connectivity index (χ1) is 14.2. The predicted octanol–water partition coefficient (Wildman–Crippen LogP) is 3.76. The quantitative estimate of drug-likeness (QED) is 0.493. The van der Waals surface area contributed by atoms with Gasteiger partial charge in [-0.3, -0.25) is 9.59 Å². The Kier molecular flexibility index (Phi) is 4.98. The van der Waals surface area contributed by atoms with Gasteiger partial charge in [-0.1, -0.05) is 17.8 Å². The van der Waals surface area contributed by atoms with E-state index in [-0.39, 0.29) is 23.2 Å². The van der Waals surface area contributed by atoms with Crippen LogP contribution in [0.1, 0.15) is 12.0 Å². The Labute approximate surface area is 172 Å². The Hall–Kier alpha value is -3.34. The number of amides is 2. The molecule has 1 unspecified atom stereocenters. The van der Waals surface area contributed by atoms with Gasteiger partial charge in [-0.05, 0) is 42.5 Å². The lowest BCUT2D eigenvalue weighted by Crippen LogP contribution is -2.31. The van der Waals surface area contributed by atoms with E-state index < -0.39 is 28.8 Å². The fourth-order valence-corrected chi connectivity index (χ4v) is 3.80. The standard InChI is InChI=1S/C19H13F3N4O3S/c20-19(21,22)11-2-1-3-13(8-11)26-15(27)9-14(17(26)28)30-18-25-24-16(29-18)10-4-6-12(23)7-5-10/h1-8,14H,9,23H2. The van der Waals surface area contributed by atoms with Crippen molar-refractivity contribution in [3.05, 3.63) is 54.1 Å². The summed E-state index contributed by atoms with van der Waals surface area (Å²) in [6, 6.07) is 10.8. The first-order valence-electron chi connectivity index (χ1n) is 8.62. The summed E-state index contributed by atoms with van der Waals surface area (Å²) in [5.41, 5.74) is 5.76. The molecule has 0 aliphatic carbocycles. The summed E-state index contributed by atoms with van der Waals surface area (Å²) in [5.74, 6) is -1.03. The van der Waals surface area contributed by atoms with E-state index >= 15 is 0 Å². The molecule has 2 amide bonds. The second-order valence-electron chi connectivity index (χ2n) is 6.42. The molecule has 0 spiro atoms. The van der Waals surface area contributed by atoms with Gasteiger partial charge in [-0.25, -0.2) is 4.90 Å². The molecule has 2 aromatic carbocycles. The molecule has 2 heterocycles. The van der Waals surface area contributed by atoms with Crippen LogP contribution in [0.3, 0.4) is 0 Å². The number of hydrogen-bond acceptors (Lipinski definition) is 7. The molecule has 2 N–H and O–H groups in total. The van der Waals surface area contributed by atoms with Crippen LogP contribution in [-0.4, -0.2) is 27.3 Å². The molecule has 30 heavy (non-hydrogen) atoms. The molecule has 7 nitrogen and oxygen atoms in total. The third-order valence-electron chi connectivity index (χ3n) is 4.34. The van der Waals surface area contributed by atoms with E-state index in [0.717, 1.165) is 34.9 Å². The smallest absolute Gasteiger partial charge is 0.411 e. The zero-order valence-corrected chi connectivity index (χ0v) is 15.9. The molecule has 1 atom stereocenters. The maximum Gasteiger partial charge on any atom is 0.416 e. The second kappa shape index (κ2) is 7.48. The van der Waals surface area contributed by atoms with Crippen molar-refractivity contribution in [3.8, 4) is 11.5 Å². The molecule has 154 valence electrons. The van der Waals surface area contributed by atoms with E-state index in [1.807, 2.05) is 0 Å². The Morgan fingerprint density at radius 2 is 1.83 bits per heavy atom. The topological polar surface area (TPSA) is 102 Å². The number of benzene rings is 2. The molecule has 4 rings (SSSR count). The second-order valence-corrected chi connectivity index (χ2v) is 7.58. The van der Waals surface area contributed by atoms with Gasteiger partial charge >= 0.3 is 6.18 Å². The lowest BCUT2D eigenvalue weighted by atomic mass is 10.2. The van der Waals surface area contributed by atoms with Crippen LogP contribution in [0, 0.1) is 0 Å². The van der Waals surface area contributed by atoms with E-state index in [0.29, 0.717) is 11.3 Å². The highest BCUT2D eigenvalue weighted by atomic mass is 32.2. The monoisotopic (exact) mass is 434 g/mol. The number of halogens is 3. The van der Waals surface area contributed by atoms with Crippen LogP contribution in [0.2, 0.25) is 0 Å². The Balaban J connectivity index is 1.52. The number of thioether (sulfide) groups is 1. The summed E-state index contributed by atoms with van der Waals surface area (Å²) in [4.78, 5) is 25.8. The molecule has 1 fully saturated rings. The third kappa shape index (κ3) is 3.88. The average Bonchev–Trinajstić information content (AvgIpc) is 3.26. The highest BCUT2D eigenvalue weighted by Gasteiger charge is 2.42. The first kappa shape index (κ1) is 20.0. The molecule has 0 radical (unpaired) electrons. The van der Waals surface area contributed by atoms with Gasteiger partial charge < -0.3 is 10.2 Å². The zero-order valence-electron chi connectivity index (χ0n) is 15.1. The van der Waals surface area contributed by atoms with Crippen molar-refractivity contribution in [2.24, 2.45) is 0 Å². The van der Waals surface area contributed by atoms with Crippen molar-refractivity contribution in [2.75, 3.05) is 10.6 Å². The molecule has 11 heteroatoms. The SMILES string of the molecule is Nc1ccc(-c2nnc(SC3CC(=O)N(c4cccc(C(F)(F)F)c4)C3=O)o2)cc1. The maximum absolute atomic E-state index is 13.0. The van der Waals surface area contributed by atoms with E-state index in [4.69, 9.17) is 10.2 Å². The van der Waals surface area contributed by atoms with Crippen LogP contribution in [0.25, 0.3) is 11.5 Å². The highest BCUT2D eigenvalue weighted by Crippen LogP contribution is 2.37. The van der Waals surface area contributed by atoms with Gasteiger partial charge in [0, 0.05) is 17.7 Å². The number of nitrogens with zero attached hydrogens (tertiary/aromatic N) is 3. The Morgan fingerprint density at radius 1 is 1.10 bits per heavy atom. The van der Waals surface area contributed by atoms with Crippen molar-refractivity contribution >= 4 is 35.0 Å². The van der Waals surface area contributed by atoms with Crippen LogP contribution < -0.4 is 10.6 Å². The van der Waals surface area contributed by atoms with Gasteiger partial charge in [-0.2, -0.15) is 13.2 Å². The summed E-state index contributed by atoms with van der Waals surface area (Å²) in [5, 5.41) is 6.96. The number of rotatable bonds is 4. The lowest BCUT2D eigenvalue weighted by Gasteiger charge is -2.16. The van der Waals surface area contributed by atoms with Gasteiger partial charge in [0.25, 0.3) is 5.22 Å². The van der Waals surface area contributed by atoms with Crippen LogP contribution >= 0.6 is 11.8 Å². The fraction of sp³-hybridized carbons (Fsp3) is 0.158. The summed E-state index contributed by atoms with van der Waals surface area (Å²) in [6.45, 7) is 0. The minimum Gasteiger partial charge on any atom is -0.411 e. The highest BCUT2D eigenvalue weighted by molar-refractivity contribution is 8.00. The number of aromatic nitrogens is 2. The summed E-state index contributed by atoms with van der Waals surface area (Å²) in [7, 11) is 0. The number of hydrogen-bond donors (Lipinski definition) is 1. The van der Waals surface area contributed by atoms with E-state index in [1.54, 1.807) is 24.3 Å². The molecule has 1 saturated heterocycles. The zero-order chi connectivity index (χ0) is 21.5. The van der Waals surface area contributed by atoms with Crippen molar-refractivity contribution < 1.29 is 27.2 Å². The average molecular weight is 434 g/mol. The van der Waals surface area contributed by atoms with Gasteiger partial charge in [0.05, 0.1) is 11.3 Å². The van der Waals surface area contributed by atoms with Crippen molar-refractivity contribution in [1.82, 2.24) is 10.2 Å². The largest absolute Gasteiger partial charge is 0.416 e. The molecule has 0 saturated carbocycles. The van der Waals surface area contributed by atoms with Crippen LogP contribution in [0.5, 0.6) is 0 Å². The molecule has 1 aromatic heterocycles. The van der Waals surface area contributed by atoms with Gasteiger partial charge in [0.1, 0.15) is 5.25 Å². The number of alkyl halides is 3. The summed E-state index contributed by atoms with van der Waals surface area (Å²) < 4.78 is 44.4. The Bertz CT molecular complexity index is 1110. The number of imide groups is 1. The van der Waals surface area contributed by atoms with Gasteiger partial charge in [0.2, 0.25) is 17.7 Å². The number of carbonyl (C=O) groups is 2. The van der Waals surface area contributed by atoms with Crippen LogP contribution in [0.15, 0.2) is 58.2 Å². The third-order valence-corrected chi connectivity index (χ3v) is 5.36. The van der Waals surface area contributed by atoms with Gasteiger partial charge in [-0.15, -0.1) is 10.2 Å². The van der Waals surface area contributed by atoms with E-state index in [9.17, 15) is 22.8 Å². The van der Waals surface area contributed by atoms with Crippen molar-refractivity contribution in [3.63, 3.8) is 0 Å². The van der Waals surface area contributed by atoms with E-state index in [2.05, 4.69) is 10.2 Å². The summed E-state index contributed by atoms with van der Waals surface area (Å²) >= 11 is 0.891. The first-order valence-corrected chi connectivity index (χ1v) is 9.50. The molecular formula is C19H13F3N4O3S. The van der Waals surface area contributed by atoms with Crippen LogP contribution in [0.4, 0.5) is 24.5 Å². The normalized spacial score (nSPS) is 17.0. The predicted molar refractivity (Wildman–Crippen MR) is 102 cm³/mol.